The molecule has 0 aliphatic rings. The third-order valence-corrected chi connectivity index (χ3v) is 4.82. The molecule has 1 aromatic carbocycles. The average molecular weight is 370 g/mol. The molecule has 0 aliphatic carbocycles. The molecule has 0 radical (unpaired) electrons. The first-order valence-corrected chi connectivity index (χ1v) is 8.48. The predicted molar refractivity (Wildman–Crippen MR) is 85.2 cm³/mol. The van der Waals surface area contributed by atoms with Gasteiger partial charge in [0.25, 0.3) is 10.0 Å². The summed E-state index contributed by atoms with van der Waals surface area (Å²) in [6.45, 7) is 1.25. The SMILES string of the molecule is CC(=O)Nc1nnc(S(=O)(=O)N/N=C/c2cccc([N+](=O)[O-])c2)s1. The zero-order chi connectivity index (χ0) is 17.7. The van der Waals surface area contributed by atoms with Crippen LogP contribution >= 0.6 is 11.3 Å². The van der Waals surface area contributed by atoms with E-state index in [9.17, 15) is 23.3 Å². The Kier molecular flexibility index (Phi) is 5.15. The highest BCUT2D eigenvalue weighted by atomic mass is 32.2. The number of rotatable bonds is 6. The number of anilines is 1. The lowest BCUT2D eigenvalue weighted by Gasteiger charge is -1.98. The molecule has 1 aromatic heterocycles. The van der Waals surface area contributed by atoms with Gasteiger partial charge in [-0.2, -0.15) is 18.4 Å². The lowest BCUT2D eigenvalue weighted by Crippen LogP contribution is -2.18. The molecule has 0 fully saturated rings. The lowest BCUT2D eigenvalue weighted by atomic mass is 10.2. The first-order valence-electron chi connectivity index (χ1n) is 6.18. The van der Waals surface area contributed by atoms with Crippen molar-refractivity contribution in [2.45, 2.75) is 11.3 Å². The Morgan fingerprint density at radius 2 is 2.17 bits per heavy atom. The molecule has 11 nitrogen and oxygen atoms in total. The van der Waals surface area contributed by atoms with Gasteiger partial charge in [0.2, 0.25) is 11.0 Å². The number of amides is 1. The Bertz CT molecular complexity index is 907. The summed E-state index contributed by atoms with van der Waals surface area (Å²) < 4.78 is 23.5. The molecule has 0 unspecified atom stereocenters. The van der Waals surface area contributed by atoms with Gasteiger partial charge in [-0.3, -0.25) is 14.9 Å². The fourth-order valence-electron chi connectivity index (χ4n) is 1.45. The van der Waals surface area contributed by atoms with E-state index in [1.54, 1.807) is 0 Å². The zero-order valence-corrected chi connectivity index (χ0v) is 13.7. The monoisotopic (exact) mass is 370 g/mol. The molecule has 0 saturated carbocycles. The molecule has 24 heavy (non-hydrogen) atoms. The topological polar surface area (TPSA) is 157 Å². The van der Waals surface area contributed by atoms with Gasteiger partial charge in [-0.05, 0) is 0 Å². The normalized spacial score (nSPS) is 11.4. The summed E-state index contributed by atoms with van der Waals surface area (Å²) in [5, 5.41) is 23.5. The van der Waals surface area contributed by atoms with Gasteiger partial charge in [0.15, 0.2) is 0 Å². The van der Waals surface area contributed by atoms with Gasteiger partial charge in [-0.1, -0.05) is 23.5 Å². The Hall–Kier alpha value is -2.93. The molecule has 2 N–H and O–H groups in total. The molecule has 1 amide bonds. The molecule has 0 spiro atoms. The van der Waals surface area contributed by atoms with Gasteiger partial charge in [0.1, 0.15) is 0 Å². The van der Waals surface area contributed by atoms with Crippen molar-refractivity contribution in [3.63, 3.8) is 0 Å². The minimum atomic E-state index is -4.06. The van der Waals surface area contributed by atoms with Crippen LogP contribution in [0, 0.1) is 10.1 Å². The number of carbonyl (C=O) groups is 1. The predicted octanol–water partition coefficient (Wildman–Crippen LogP) is 0.717. The minimum absolute atomic E-state index is 0.0329. The van der Waals surface area contributed by atoms with E-state index < -0.39 is 20.9 Å². The first kappa shape index (κ1) is 17.4. The number of nitro benzene ring substituents is 1. The molecule has 2 rings (SSSR count). The Labute approximate surface area is 139 Å². The Morgan fingerprint density at radius 3 is 2.83 bits per heavy atom. The standard InChI is InChI=1S/C11H10N6O5S2/c1-7(18)13-10-14-15-11(23-10)24(21,22)16-12-6-8-3-2-4-9(5-8)17(19)20/h2-6,16H,1H3,(H,13,14,18)/b12-6+. The number of nitro groups is 1. The van der Waals surface area contributed by atoms with Crippen LogP contribution in [-0.4, -0.2) is 35.7 Å². The maximum atomic E-state index is 12.0. The molecule has 0 saturated heterocycles. The van der Waals surface area contributed by atoms with E-state index >= 15 is 0 Å². The molecule has 126 valence electrons. The molecule has 0 atom stereocenters. The van der Waals surface area contributed by atoms with Crippen LogP contribution < -0.4 is 10.1 Å². The van der Waals surface area contributed by atoms with Crippen LogP contribution in [-0.2, 0) is 14.8 Å². The second-order valence-corrected chi connectivity index (χ2v) is 7.07. The quantitative estimate of drug-likeness (QED) is 0.328. The van der Waals surface area contributed by atoms with Gasteiger partial charge in [0.05, 0.1) is 11.1 Å². The minimum Gasteiger partial charge on any atom is -0.301 e. The number of hydrazone groups is 1. The first-order chi connectivity index (χ1) is 11.3. The fraction of sp³-hybridized carbons (Fsp3) is 0.0909. The van der Waals surface area contributed by atoms with Crippen LogP contribution in [0.2, 0.25) is 0 Å². The highest BCUT2D eigenvalue weighted by Gasteiger charge is 2.19. The van der Waals surface area contributed by atoms with Gasteiger partial charge >= 0.3 is 10.0 Å². The number of nitrogens with one attached hydrogen (secondary N) is 2. The summed E-state index contributed by atoms with van der Waals surface area (Å²) in [6.07, 6.45) is 1.11. The number of benzene rings is 1. The van der Waals surface area contributed by atoms with Gasteiger partial charge in [-0.15, -0.1) is 10.2 Å². The van der Waals surface area contributed by atoms with Crippen molar-refractivity contribution in [3.05, 3.63) is 39.9 Å². The van der Waals surface area contributed by atoms with Crippen LogP contribution in [0.5, 0.6) is 0 Å². The zero-order valence-electron chi connectivity index (χ0n) is 12.0. The highest BCUT2D eigenvalue weighted by Crippen LogP contribution is 2.19. The second kappa shape index (κ2) is 7.10. The molecular weight excluding hydrogens is 360 g/mol. The van der Waals surface area contributed by atoms with E-state index in [1.807, 2.05) is 4.83 Å². The number of aromatic nitrogens is 2. The number of nitrogens with zero attached hydrogens (tertiary/aromatic N) is 4. The van der Waals surface area contributed by atoms with Crippen molar-refractivity contribution in [2.24, 2.45) is 5.10 Å². The molecular formula is C11H10N6O5S2. The molecule has 0 aliphatic heterocycles. The van der Waals surface area contributed by atoms with Crippen molar-refractivity contribution >= 4 is 44.3 Å². The van der Waals surface area contributed by atoms with E-state index in [0.717, 1.165) is 6.21 Å². The number of carbonyl (C=O) groups excluding carboxylic acids is 1. The third-order valence-electron chi connectivity index (χ3n) is 2.39. The van der Waals surface area contributed by atoms with Crippen molar-refractivity contribution in [3.8, 4) is 0 Å². The van der Waals surface area contributed by atoms with Crippen LogP contribution in [0.25, 0.3) is 0 Å². The van der Waals surface area contributed by atoms with Crippen molar-refractivity contribution in [1.82, 2.24) is 15.0 Å². The summed E-state index contributed by atoms with van der Waals surface area (Å²) in [5.41, 5.74) is 0.189. The summed E-state index contributed by atoms with van der Waals surface area (Å²) in [6, 6.07) is 5.49. The number of sulfonamides is 1. The Balaban J connectivity index is 2.09. The van der Waals surface area contributed by atoms with Crippen LogP contribution in [0.4, 0.5) is 10.8 Å². The molecule has 0 bridgehead atoms. The fourth-order valence-corrected chi connectivity index (χ4v) is 3.18. The Morgan fingerprint density at radius 1 is 1.42 bits per heavy atom. The number of hydrogen-bond acceptors (Lipinski definition) is 9. The molecule has 1 heterocycles. The summed E-state index contributed by atoms with van der Waals surface area (Å²) in [4.78, 5) is 22.9. The van der Waals surface area contributed by atoms with Crippen molar-refractivity contribution in [1.29, 1.82) is 0 Å². The average Bonchev–Trinajstić information content (AvgIpc) is 2.96. The summed E-state index contributed by atoms with van der Waals surface area (Å²) >= 11 is 0.653. The van der Waals surface area contributed by atoms with Crippen molar-refractivity contribution in [2.75, 3.05) is 5.32 Å². The van der Waals surface area contributed by atoms with E-state index in [4.69, 9.17) is 0 Å². The van der Waals surface area contributed by atoms with E-state index in [1.165, 1.54) is 31.2 Å². The molecule has 13 heteroatoms. The van der Waals surface area contributed by atoms with Gasteiger partial charge < -0.3 is 5.32 Å². The van der Waals surface area contributed by atoms with E-state index in [0.29, 0.717) is 16.9 Å². The second-order valence-electron chi connectivity index (χ2n) is 4.26. The van der Waals surface area contributed by atoms with E-state index in [2.05, 4.69) is 20.6 Å². The number of non-ortho nitro benzene ring substituents is 1. The number of hydrogen-bond donors (Lipinski definition) is 2. The molecule has 2 aromatic rings. The summed E-state index contributed by atoms with van der Waals surface area (Å²) in [5.74, 6) is -0.410. The van der Waals surface area contributed by atoms with Crippen LogP contribution in [0.3, 0.4) is 0 Å². The maximum Gasteiger partial charge on any atom is 0.305 e. The summed E-state index contributed by atoms with van der Waals surface area (Å²) in [7, 11) is -4.06. The largest absolute Gasteiger partial charge is 0.305 e. The van der Waals surface area contributed by atoms with E-state index in [-0.39, 0.29) is 15.2 Å². The highest BCUT2D eigenvalue weighted by molar-refractivity contribution is 7.91. The lowest BCUT2D eigenvalue weighted by molar-refractivity contribution is -0.384. The maximum absolute atomic E-state index is 12.0. The third kappa shape index (κ3) is 4.53. The van der Waals surface area contributed by atoms with Gasteiger partial charge in [0, 0.05) is 24.6 Å². The van der Waals surface area contributed by atoms with Crippen LogP contribution in [0.1, 0.15) is 12.5 Å². The van der Waals surface area contributed by atoms with Gasteiger partial charge in [-0.25, -0.2) is 0 Å². The van der Waals surface area contributed by atoms with Crippen LogP contribution in [0.15, 0.2) is 33.7 Å². The van der Waals surface area contributed by atoms with Crippen molar-refractivity contribution < 1.29 is 18.1 Å². The smallest absolute Gasteiger partial charge is 0.301 e.